The van der Waals surface area contributed by atoms with Crippen LogP contribution in [0.15, 0.2) is 42.7 Å². The quantitative estimate of drug-likeness (QED) is 0.280. The highest BCUT2D eigenvalue weighted by molar-refractivity contribution is 6.32. The molecule has 1 saturated heterocycles. The summed E-state index contributed by atoms with van der Waals surface area (Å²) in [6.07, 6.45) is 4.60. The van der Waals surface area contributed by atoms with Gasteiger partial charge in [-0.05, 0) is 69.7 Å². The summed E-state index contributed by atoms with van der Waals surface area (Å²) in [5.41, 5.74) is 3.59. The molecule has 1 N–H and O–H groups in total. The molecular weight excluding hydrogens is 545 g/mol. The van der Waals surface area contributed by atoms with E-state index in [1.165, 1.54) is 12.1 Å². The van der Waals surface area contributed by atoms with Gasteiger partial charge < -0.3 is 19.5 Å². The number of aromatic nitrogens is 2. The number of nitrogens with zero attached hydrogens (tertiary/aromatic N) is 3. The summed E-state index contributed by atoms with van der Waals surface area (Å²) >= 11 is 6.66. The second-order valence-electron chi connectivity index (χ2n) is 12.3. The monoisotopic (exact) mass is 583 g/mol. The third kappa shape index (κ3) is 7.74. The molecule has 1 aliphatic heterocycles. The Hall–Kier alpha value is -3.23. The van der Waals surface area contributed by atoms with Crippen LogP contribution in [0.5, 0.6) is 5.75 Å². The maximum Gasteiger partial charge on any atom is 0.337 e. The van der Waals surface area contributed by atoms with Crippen LogP contribution in [0, 0.1) is 18.2 Å². The standard InChI is InChI=1S/C32H39ClFN3O4/c1-20-27(29(30(38)39)41-31(2,3)4)28(37-14-12-32(5,6)13-15-37)23(18-35-20)25-17-24(33)26(19-36-25)40-16-11-21-7-9-22(34)10-8-21/h7-10,17-19,29H,11-16H2,1-6H3,(H,38,39). The number of aryl methyl sites for hydroxylation is 1. The molecule has 220 valence electrons. The molecule has 1 fully saturated rings. The number of hydrogen-bond acceptors (Lipinski definition) is 6. The summed E-state index contributed by atoms with van der Waals surface area (Å²) in [7, 11) is 0. The molecule has 4 rings (SSSR count). The average molecular weight is 584 g/mol. The van der Waals surface area contributed by atoms with Crippen LogP contribution in [-0.4, -0.2) is 46.3 Å². The predicted molar refractivity (Wildman–Crippen MR) is 159 cm³/mol. The highest BCUT2D eigenvalue weighted by atomic mass is 35.5. The van der Waals surface area contributed by atoms with Gasteiger partial charge in [-0.2, -0.15) is 0 Å². The molecule has 1 atom stereocenters. The topological polar surface area (TPSA) is 84.8 Å². The van der Waals surface area contributed by atoms with E-state index in [1.807, 2.05) is 27.7 Å². The van der Waals surface area contributed by atoms with Gasteiger partial charge in [-0.3, -0.25) is 9.97 Å². The highest BCUT2D eigenvalue weighted by Crippen LogP contribution is 2.43. The Labute approximate surface area is 246 Å². The Balaban J connectivity index is 1.71. The second kappa shape index (κ2) is 12.3. The first-order chi connectivity index (χ1) is 19.2. The number of piperidine rings is 1. The van der Waals surface area contributed by atoms with Gasteiger partial charge in [0, 0.05) is 42.5 Å². The number of carboxylic acid groups (broad SMARTS) is 1. The lowest BCUT2D eigenvalue weighted by molar-refractivity contribution is -0.160. The van der Waals surface area contributed by atoms with Crippen molar-refractivity contribution in [3.05, 3.63) is 70.4 Å². The van der Waals surface area contributed by atoms with Gasteiger partial charge in [-0.25, -0.2) is 9.18 Å². The molecule has 3 heterocycles. The van der Waals surface area contributed by atoms with Crippen LogP contribution in [0.4, 0.5) is 10.1 Å². The zero-order chi connectivity index (χ0) is 29.9. The van der Waals surface area contributed by atoms with Crippen molar-refractivity contribution in [1.29, 1.82) is 0 Å². The van der Waals surface area contributed by atoms with Gasteiger partial charge in [0.2, 0.25) is 0 Å². The van der Waals surface area contributed by atoms with Crippen molar-refractivity contribution < 1.29 is 23.8 Å². The number of aliphatic carboxylic acids is 1. The van der Waals surface area contributed by atoms with Crippen LogP contribution in [0.3, 0.4) is 0 Å². The molecule has 1 aliphatic rings. The first kappa shape index (κ1) is 30.7. The van der Waals surface area contributed by atoms with Gasteiger partial charge in [0.05, 0.1) is 34.8 Å². The Kier molecular flexibility index (Phi) is 9.24. The molecule has 41 heavy (non-hydrogen) atoms. The number of anilines is 1. The summed E-state index contributed by atoms with van der Waals surface area (Å²) in [4.78, 5) is 24.1. The third-order valence-electron chi connectivity index (χ3n) is 7.34. The van der Waals surface area contributed by atoms with Crippen molar-refractivity contribution in [1.82, 2.24) is 9.97 Å². The summed E-state index contributed by atoms with van der Waals surface area (Å²) in [5, 5.41) is 10.7. The predicted octanol–water partition coefficient (Wildman–Crippen LogP) is 7.43. The fourth-order valence-electron chi connectivity index (χ4n) is 4.97. The fourth-order valence-corrected chi connectivity index (χ4v) is 5.18. The number of carbonyl (C=O) groups is 1. The Bertz CT molecular complexity index is 1380. The number of pyridine rings is 2. The van der Waals surface area contributed by atoms with Gasteiger partial charge in [-0.1, -0.05) is 37.6 Å². The van der Waals surface area contributed by atoms with E-state index in [1.54, 1.807) is 30.6 Å². The lowest BCUT2D eigenvalue weighted by atomic mass is 9.82. The number of ether oxygens (including phenoxy) is 2. The molecule has 3 aromatic rings. The first-order valence-corrected chi connectivity index (χ1v) is 14.3. The minimum atomic E-state index is -1.21. The van der Waals surface area contributed by atoms with Crippen LogP contribution in [0.1, 0.15) is 70.4 Å². The largest absolute Gasteiger partial charge is 0.490 e. The molecule has 1 unspecified atom stereocenters. The molecule has 9 heteroatoms. The van der Waals surface area contributed by atoms with E-state index >= 15 is 0 Å². The summed E-state index contributed by atoms with van der Waals surface area (Å²) in [6, 6.07) is 8.01. The molecule has 2 aromatic heterocycles. The van der Waals surface area contributed by atoms with Crippen molar-refractivity contribution in [3.8, 4) is 17.0 Å². The minimum absolute atomic E-state index is 0.196. The molecule has 0 amide bonds. The fraction of sp³-hybridized carbons (Fsp3) is 0.469. The number of carboxylic acids is 1. The number of hydrogen-bond donors (Lipinski definition) is 1. The van der Waals surface area contributed by atoms with E-state index in [-0.39, 0.29) is 11.2 Å². The van der Waals surface area contributed by atoms with E-state index in [9.17, 15) is 14.3 Å². The Morgan fingerprint density at radius 2 is 1.80 bits per heavy atom. The number of benzene rings is 1. The van der Waals surface area contributed by atoms with Gasteiger partial charge in [0.15, 0.2) is 11.9 Å². The minimum Gasteiger partial charge on any atom is -0.490 e. The SMILES string of the molecule is Cc1ncc(-c2cc(Cl)c(OCCc3ccc(F)cc3)cn2)c(N2CCC(C)(C)CC2)c1C(OC(C)(C)C)C(=O)O. The lowest BCUT2D eigenvalue weighted by Crippen LogP contribution is -2.39. The van der Waals surface area contributed by atoms with Crippen LogP contribution < -0.4 is 9.64 Å². The van der Waals surface area contributed by atoms with Crippen LogP contribution in [0.25, 0.3) is 11.3 Å². The Morgan fingerprint density at radius 1 is 1.15 bits per heavy atom. The summed E-state index contributed by atoms with van der Waals surface area (Å²) in [6.45, 7) is 13.7. The molecule has 7 nitrogen and oxygen atoms in total. The van der Waals surface area contributed by atoms with E-state index in [0.717, 1.165) is 37.2 Å². The van der Waals surface area contributed by atoms with Crippen molar-refractivity contribution in [2.75, 3.05) is 24.6 Å². The molecule has 0 saturated carbocycles. The maximum atomic E-state index is 13.2. The van der Waals surface area contributed by atoms with Gasteiger partial charge in [0.1, 0.15) is 5.82 Å². The molecule has 0 aliphatic carbocycles. The zero-order valence-corrected chi connectivity index (χ0v) is 25.4. The zero-order valence-electron chi connectivity index (χ0n) is 24.6. The summed E-state index contributed by atoms with van der Waals surface area (Å²) < 4.78 is 25.2. The van der Waals surface area contributed by atoms with E-state index < -0.39 is 17.7 Å². The number of halogens is 2. The van der Waals surface area contributed by atoms with Gasteiger partial charge in [0.25, 0.3) is 0 Å². The molecule has 0 bridgehead atoms. The lowest BCUT2D eigenvalue weighted by Gasteiger charge is -2.40. The number of rotatable bonds is 9. The smallest absolute Gasteiger partial charge is 0.337 e. The van der Waals surface area contributed by atoms with Crippen molar-refractivity contribution in [2.45, 2.75) is 72.5 Å². The molecule has 0 spiro atoms. The summed E-state index contributed by atoms with van der Waals surface area (Å²) in [5.74, 6) is -0.923. The van der Waals surface area contributed by atoms with Crippen LogP contribution in [-0.2, 0) is 16.0 Å². The van der Waals surface area contributed by atoms with Gasteiger partial charge in [-0.15, -0.1) is 0 Å². The van der Waals surface area contributed by atoms with Crippen LogP contribution >= 0.6 is 11.6 Å². The van der Waals surface area contributed by atoms with Crippen LogP contribution in [0.2, 0.25) is 5.02 Å². The first-order valence-electron chi connectivity index (χ1n) is 13.9. The maximum absolute atomic E-state index is 13.2. The van der Waals surface area contributed by atoms with Crippen molar-refractivity contribution in [2.24, 2.45) is 5.41 Å². The second-order valence-corrected chi connectivity index (χ2v) is 12.8. The highest BCUT2D eigenvalue weighted by Gasteiger charge is 2.36. The van der Waals surface area contributed by atoms with E-state index in [4.69, 9.17) is 21.1 Å². The van der Waals surface area contributed by atoms with Gasteiger partial charge >= 0.3 is 5.97 Å². The van der Waals surface area contributed by atoms with Crippen molar-refractivity contribution >= 4 is 23.3 Å². The van der Waals surface area contributed by atoms with E-state index in [2.05, 4.69) is 28.7 Å². The third-order valence-corrected chi connectivity index (χ3v) is 7.63. The van der Waals surface area contributed by atoms with Crippen molar-refractivity contribution in [3.63, 3.8) is 0 Å². The molecule has 0 radical (unpaired) electrons. The van der Waals surface area contributed by atoms with E-state index in [0.29, 0.717) is 46.3 Å². The average Bonchev–Trinajstić information content (AvgIpc) is 2.89. The molecular formula is C32H39ClFN3O4. The molecule has 1 aromatic carbocycles. The Morgan fingerprint density at radius 3 is 2.39 bits per heavy atom. The normalized spacial score (nSPS) is 16.0.